The first-order chi connectivity index (χ1) is 8.97. The van der Waals surface area contributed by atoms with Crippen molar-refractivity contribution in [3.05, 3.63) is 38.9 Å². The highest BCUT2D eigenvalue weighted by molar-refractivity contribution is 7.98. The Bertz CT molecular complexity index is 482. The van der Waals surface area contributed by atoms with Crippen molar-refractivity contribution >= 4 is 35.0 Å². The quantitative estimate of drug-likeness (QED) is 0.647. The van der Waals surface area contributed by atoms with Crippen molar-refractivity contribution in [2.45, 2.75) is 19.4 Å². The number of halogens is 1. The molecule has 1 aromatic rings. The average Bonchev–Trinajstić information content (AvgIpc) is 2.36. The summed E-state index contributed by atoms with van der Waals surface area (Å²) in [6.07, 6.45) is 2.82. The number of thioether (sulfide) groups is 1. The van der Waals surface area contributed by atoms with Crippen LogP contribution < -0.4 is 5.32 Å². The molecule has 104 valence electrons. The summed E-state index contributed by atoms with van der Waals surface area (Å²) < 4.78 is 0. The number of carbonyl (C=O) groups is 1. The molecule has 0 fully saturated rings. The number of amides is 1. The molecule has 1 unspecified atom stereocenters. The van der Waals surface area contributed by atoms with E-state index >= 15 is 0 Å². The molecule has 19 heavy (non-hydrogen) atoms. The molecule has 1 amide bonds. The summed E-state index contributed by atoms with van der Waals surface area (Å²) in [4.78, 5) is 22.1. The van der Waals surface area contributed by atoms with Crippen LogP contribution in [0.4, 0.5) is 5.69 Å². The van der Waals surface area contributed by atoms with E-state index in [0.29, 0.717) is 0 Å². The van der Waals surface area contributed by atoms with Gasteiger partial charge in [-0.05, 0) is 31.4 Å². The summed E-state index contributed by atoms with van der Waals surface area (Å²) in [6.45, 7) is 1.89. The maximum atomic E-state index is 12.0. The molecule has 1 rings (SSSR count). The van der Waals surface area contributed by atoms with Crippen LogP contribution in [0.25, 0.3) is 0 Å². The number of nitro benzene ring substituents is 1. The van der Waals surface area contributed by atoms with Gasteiger partial charge in [0.15, 0.2) is 0 Å². The third-order valence-corrected chi connectivity index (χ3v) is 3.59. The summed E-state index contributed by atoms with van der Waals surface area (Å²) in [5.41, 5.74) is -0.127. The molecule has 0 aromatic heterocycles. The molecule has 1 N–H and O–H groups in total. The van der Waals surface area contributed by atoms with E-state index in [0.717, 1.165) is 12.2 Å². The Hall–Kier alpha value is -1.27. The maximum Gasteiger partial charge on any atom is 0.288 e. The van der Waals surface area contributed by atoms with Gasteiger partial charge in [-0.1, -0.05) is 17.7 Å². The van der Waals surface area contributed by atoms with Gasteiger partial charge in [0, 0.05) is 12.1 Å². The maximum absolute atomic E-state index is 12.0. The lowest BCUT2D eigenvalue weighted by molar-refractivity contribution is -0.384. The summed E-state index contributed by atoms with van der Waals surface area (Å²) in [5, 5.41) is 13.4. The predicted molar refractivity (Wildman–Crippen MR) is 78.0 cm³/mol. The number of rotatable bonds is 6. The molecule has 7 heteroatoms. The van der Waals surface area contributed by atoms with Gasteiger partial charge >= 0.3 is 0 Å². The van der Waals surface area contributed by atoms with Crippen LogP contribution in [-0.4, -0.2) is 28.9 Å². The Labute approximate surface area is 120 Å². The summed E-state index contributed by atoms with van der Waals surface area (Å²) >= 11 is 7.58. The summed E-state index contributed by atoms with van der Waals surface area (Å²) in [5.74, 6) is 0.548. The minimum Gasteiger partial charge on any atom is -0.350 e. The zero-order valence-electron chi connectivity index (χ0n) is 10.7. The second-order valence-corrected chi connectivity index (χ2v) is 5.42. The highest BCUT2D eigenvalue weighted by atomic mass is 35.5. The van der Waals surface area contributed by atoms with Crippen molar-refractivity contribution in [2.75, 3.05) is 12.0 Å². The van der Waals surface area contributed by atoms with Crippen molar-refractivity contribution in [3.8, 4) is 0 Å². The second kappa shape index (κ2) is 7.35. The van der Waals surface area contributed by atoms with Crippen molar-refractivity contribution < 1.29 is 9.72 Å². The van der Waals surface area contributed by atoms with E-state index in [1.165, 1.54) is 18.2 Å². The van der Waals surface area contributed by atoms with E-state index in [9.17, 15) is 14.9 Å². The number of nitrogens with one attached hydrogen (secondary N) is 1. The molecule has 0 spiro atoms. The minimum atomic E-state index is -0.601. The lowest BCUT2D eigenvalue weighted by Crippen LogP contribution is -2.33. The zero-order chi connectivity index (χ0) is 14.4. The van der Waals surface area contributed by atoms with Crippen molar-refractivity contribution in [3.63, 3.8) is 0 Å². The Morgan fingerprint density at radius 1 is 1.58 bits per heavy atom. The van der Waals surface area contributed by atoms with Crippen molar-refractivity contribution in [1.82, 2.24) is 5.32 Å². The van der Waals surface area contributed by atoms with Gasteiger partial charge in [0.25, 0.3) is 11.6 Å². The summed E-state index contributed by atoms with van der Waals surface area (Å²) in [7, 11) is 0. The van der Waals surface area contributed by atoms with Crippen LogP contribution in [0.2, 0.25) is 5.02 Å². The Kier molecular flexibility index (Phi) is 6.11. The standard InChI is InChI=1S/C12H15ClN2O3S/c1-8(6-7-19-2)14-12(16)9-4-3-5-10(11(9)13)15(17)18/h3-5,8H,6-7H2,1-2H3,(H,14,16). The predicted octanol–water partition coefficient (Wildman–Crippen LogP) is 3.12. The van der Waals surface area contributed by atoms with Gasteiger partial charge in [0.1, 0.15) is 5.02 Å². The van der Waals surface area contributed by atoms with Gasteiger partial charge in [-0.3, -0.25) is 14.9 Å². The van der Waals surface area contributed by atoms with Crippen LogP contribution >= 0.6 is 23.4 Å². The van der Waals surface area contributed by atoms with E-state index < -0.39 is 4.92 Å². The van der Waals surface area contributed by atoms with E-state index in [-0.39, 0.29) is 28.2 Å². The Morgan fingerprint density at radius 3 is 2.84 bits per heavy atom. The number of benzene rings is 1. The van der Waals surface area contributed by atoms with E-state index in [2.05, 4.69) is 5.32 Å². The summed E-state index contributed by atoms with van der Waals surface area (Å²) in [6, 6.07) is 4.20. The molecule has 0 bridgehead atoms. The van der Waals surface area contributed by atoms with Crippen LogP contribution in [-0.2, 0) is 0 Å². The fraction of sp³-hybridized carbons (Fsp3) is 0.417. The van der Waals surface area contributed by atoms with E-state index in [1.807, 2.05) is 13.2 Å². The molecule has 0 radical (unpaired) electrons. The first-order valence-electron chi connectivity index (χ1n) is 5.70. The Balaban J connectivity index is 2.83. The van der Waals surface area contributed by atoms with Crippen LogP contribution in [0, 0.1) is 10.1 Å². The molecule has 0 aliphatic heterocycles. The smallest absolute Gasteiger partial charge is 0.288 e. The lowest BCUT2D eigenvalue weighted by Gasteiger charge is -2.13. The second-order valence-electron chi connectivity index (χ2n) is 4.05. The monoisotopic (exact) mass is 302 g/mol. The topological polar surface area (TPSA) is 72.2 Å². The first kappa shape index (κ1) is 15.8. The molecule has 0 saturated carbocycles. The molecule has 1 atom stereocenters. The number of hydrogen-bond acceptors (Lipinski definition) is 4. The number of hydrogen-bond donors (Lipinski definition) is 1. The first-order valence-corrected chi connectivity index (χ1v) is 7.47. The van der Waals surface area contributed by atoms with Gasteiger partial charge < -0.3 is 5.32 Å². The molecular formula is C12H15ClN2O3S. The van der Waals surface area contributed by atoms with Crippen molar-refractivity contribution in [1.29, 1.82) is 0 Å². The molecule has 0 heterocycles. The molecule has 1 aromatic carbocycles. The van der Waals surface area contributed by atoms with Crippen molar-refractivity contribution in [2.24, 2.45) is 0 Å². The number of nitrogens with zero attached hydrogens (tertiary/aromatic N) is 1. The van der Waals surface area contributed by atoms with Gasteiger partial charge in [-0.15, -0.1) is 0 Å². The number of nitro groups is 1. The molecular weight excluding hydrogens is 288 g/mol. The molecule has 0 aliphatic rings. The van der Waals surface area contributed by atoms with Crippen LogP contribution in [0.5, 0.6) is 0 Å². The van der Waals surface area contributed by atoms with Crippen LogP contribution in [0.1, 0.15) is 23.7 Å². The van der Waals surface area contributed by atoms with Gasteiger partial charge in [0.2, 0.25) is 0 Å². The van der Waals surface area contributed by atoms with Crippen LogP contribution in [0.15, 0.2) is 18.2 Å². The lowest BCUT2D eigenvalue weighted by atomic mass is 10.1. The SMILES string of the molecule is CSCCC(C)NC(=O)c1cccc([N+](=O)[O-])c1Cl. The molecule has 5 nitrogen and oxygen atoms in total. The fourth-order valence-corrected chi connectivity index (χ4v) is 2.37. The number of carbonyl (C=O) groups excluding carboxylic acids is 1. The highest BCUT2D eigenvalue weighted by Crippen LogP contribution is 2.27. The normalized spacial score (nSPS) is 11.9. The highest BCUT2D eigenvalue weighted by Gasteiger charge is 2.20. The van der Waals surface area contributed by atoms with Gasteiger partial charge in [-0.2, -0.15) is 11.8 Å². The third-order valence-electron chi connectivity index (χ3n) is 2.55. The third kappa shape index (κ3) is 4.40. The van der Waals surface area contributed by atoms with Gasteiger partial charge in [-0.25, -0.2) is 0 Å². The molecule has 0 aliphatic carbocycles. The van der Waals surface area contributed by atoms with Crippen LogP contribution in [0.3, 0.4) is 0 Å². The largest absolute Gasteiger partial charge is 0.350 e. The molecule has 0 saturated heterocycles. The zero-order valence-corrected chi connectivity index (χ0v) is 12.3. The Morgan fingerprint density at radius 2 is 2.26 bits per heavy atom. The average molecular weight is 303 g/mol. The van der Waals surface area contributed by atoms with Gasteiger partial charge in [0.05, 0.1) is 10.5 Å². The minimum absolute atomic E-state index is 0.00437. The van der Waals surface area contributed by atoms with E-state index in [4.69, 9.17) is 11.6 Å². The van der Waals surface area contributed by atoms with E-state index in [1.54, 1.807) is 11.8 Å². The fourth-order valence-electron chi connectivity index (χ4n) is 1.50.